The highest BCUT2D eigenvalue weighted by molar-refractivity contribution is 5.87. The Balaban J connectivity index is 1.62. The van der Waals surface area contributed by atoms with Crippen LogP contribution in [0.4, 0.5) is 11.4 Å². The standard InChI is InChI=1S/C32H25N/c1-23-16-18-26(19-17-23)33-27-20-21-29-28-14-8-9-15-30(28)32(31(29)22-27,24-10-4-2-5-11-24)25-12-6-3-7-13-25/h2-22,33H,1H3. The molecule has 158 valence electrons. The molecule has 1 aliphatic carbocycles. The summed E-state index contributed by atoms with van der Waals surface area (Å²) in [6.45, 7) is 2.12. The molecular formula is C32H25N. The molecule has 0 unspecified atom stereocenters. The van der Waals surface area contributed by atoms with Crippen molar-refractivity contribution in [2.24, 2.45) is 0 Å². The molecule has 1 nitrogen and oxygen atoms in total. The zero-order valence-corrected chi connectivity index (χ0v) is 18.6. The van der Waals surface area contributed by atoms with E-state index in [2.05, 4.69) is 140 Å². The first-order chi connectivity index (χ1) is 16.3. The molecule has 1 heteroatoms. The zero-order valence-electron chi connectivity index (χ0n) is 18.6. The lowest BCUT2D eigenvalue weighted by molar-refractivity contribution is 0.769. The second-order valence-electron chi connectivity index (χ2n) is 8.78. The van der Waals surface area contributed by atoms with Crippen molar-refractivity contribution >= 4 is 11.4 Å². The maximum absolute atomic E-state index is 3.63. The Bertz CT molecular complexity index is 1380. The molecule has 0 fully saturated rings. The number of fused-ring (bicyclic) bond motifs is 3. The van der Waals surface area contributed by atoms with Crippen LogP contribution >= 0.6 is 0 Å². The van der Waals surface area contributed by atoms with Crippen LogP contribution in [0.15, 0.2) is 127 Å². The van der Waals surface area contributed by atoms with Crippen LogP contribution in [-0.2, 0) is 5.41 Å². The largest absolute Gasteiger partial charge is 0.356 e. The Kier molecular flexibility index (Phi) is 4.62. The van der Waals surface area contributed by atoms with Crippen molar-refractivity contribution in [1.29, 1.82) is 0 Å². The molecule has 0 heterocycles. The summed E-state index contributed by atoms with van der Waals surface area (Å²) in [5, 5.41) is 3.63. The van der Waals surface area contributed by atoms with E-state index in [0.717, 1.165) is 11.4 Å². The molecule has 0 aromatic heterocycles. The minimum Gasteiger partial charge on any atom is -0.356 e. The Labute approximate surface area is 195 Å². The van der Waals surface area contributed by atoms with Crippen LogP contribution in [0.2, 0.25) is 0 Å². The molecule has 33 heavy (non-hydrogen) atoms. The minimum absolute atomic E-state index is 0.362. The van der Waals surface area contributed by atoms with E-state index >= 15 is 0 Å². The van der Waals surface area contributed by atoms with E-state index < -0.39 is 0 Å². The van der Waals surface area contributed by atoms with E-state index in [1.165, 1.54) is 38.9 Å². The van der Waals surface area contributed by atoms with Gasteiger partial charge in [-0.05, 0) is 64.6 Å². The first kappa shape index (κ1) is 19.6. The molecule has 0 bridgehead atoms. The topological polar surface area (TPSA) is 12.0 Å². The minimum atomic E-state index is -0.362. The van der Waals surface area contributed by atoms with Gasteiger partial charge in [0.05, 0.1) is 5.41 Å². The SMILES string of the molecule is Cc1ccc(Nc2ccc3c(c2)C(c2ccccc2)(c2ccccc2)c2ccccc2-3)cc1. The molecule has 0 spiro atoms. The van der Waals surface area contributed by atoms with Gasteiger partial charge < -0.3 is 5.32 Å². The van der Waals surface area contributed by atoms with Crippen LogP contribution < -0.4 is 5.32 Å². The van der Waals surface area contributed by atoms with Crippen molar-refractivity contribution in [2.45, 2.75) is 12.3 Å². The molecule has 0 atom stereocenters. The first-order valence-corrected chi connectivity index (χ1v) is 11.5. The first-order valence-electron chi connectivity index (χ1n) is 11.5. The van der Waals surface area contributed by atoms with E-state index in [9.17, 15) is 0 Å². The van der Waals surface area contributed by atoms with Gasteiger partial charge in [0.2, 0.25) is 0 Å². The van der Waals surface area contributed by atoms with Crippen molar-refractivity contribution in [3.63, 3.8) is 0 Å². The van der Waals surface area contributed by atoms with Crippen LogP contribution in [0, 0.1) is 6.92 Å². The van der Waals surface area contributed by atoms with E-state index in [1.54, 1.807) is 0 Å². The van der Waals surface area contributed by atoms with E-state index in [0.29, 0.717) is 0 Å². The lowest BCUT2D eigenvalue weighted by Crippen LogP contribution is -2.28. The Morgan fingerprint density at radius 1 is 0.485 bits per heavy atom. The number of nitrogens with one attached hydrogen (secondary N) is 1. The van der Waals surface area contributed by atoms with Gasteiger partial charge in [0.15, 0.2) is 0 Å². The van der Waals surface area contributed by atoms with E-state index in [4.69, 9.17) is 0 Å². The summed E-state index contributed by atoms with van der Waals surface area (Å²) in [6, 6.07) is 46.1. The third kappa shape index (κ3) is 3.08. The van der Waals surface area contributed by atoms with E-state index in [-0.39, 0.29) is 5.41 Å². The lowest BCUT2D eigenvalue weighted by atomic mass is 9.67. The fourth-order valence-corrected chi connectivity index (χ4v) is 5.33. The quantitative estimate of drug-likeness (QED) is 0.302. The summed E-state index contributed by atoms with van der Waals surface area (Å²) in [5.74, 6) is 0. The van der Waals surface area contributed by atoms with Crippen molar-refractivity contribution in [3.05, 3.63) is 155 Å². The van der Waals surface area contributed by atoms with Gasteiger partial charge >= 0.3 is 0 Å². The van der Waals surface area contributed by atoms with Gasteiger partial charge in [-0.15, -0.1) is 0 Å². The van der Waals surface area contributed by atoms with Crippen LogP contribution in [0.5, 0.6) is 0 Å². The third-order valence-corrected chi connectivity index (χ3v) is 6.80. The maximum atomic E-state index is 3.63. The normalized spacial score (nSPS) is 13.2. The smallest absolute Gasteiger partial charge is 0.0714 e. The molecule has 0 saturated carbocycles. The Morgan fingerprint density at radius 2 is 1.03 bits per heavy atom. The molecule has 1 N–H and O–H groups in total. The number of aryl methyl sites for hydroxylation is 1. The predicted molar refractivity (Wildman–Crippen MR) is 138 cm³/mol. The zero-order chi connectivity index (χ0) is 22.3. The van der Waals surface area contributed by atoms with Gasteiger partial charge in [-0.25, -0.2) is 0 Å². The fourth-order valence-electron chi connectivity index (χ4n) is 5.33. The van der Waals surface area contributed by atoms with Gasteiger partial charge in [0, 0.05) is 11.4 Å². The van der Waals surface area contributed by atoms with Gasteiger partial charge in [0.1, 0.15) is 0 Å². The van der Waals surface area contributed by atoms with Gasteiger partial charge in [-0.3, -0.25) is 0 Å². The summed E-state index contributed by atoms with van der Waals surface area (Å²) in [6.07, 6.45) is 0. The summed E-state index contributed by atoms with van der Waals surface area (Å²) in [7, 11) is 0. The van der Waals surface area contributed by atoms with Gasteiger partial charge in [0.25, 0.3) is 0 Å². The van der Waals surface area contributed by atoms with Gasteiger partial charge in [-0.2, -0.15) is 0 Å². The number of hydrogen-bond acceptors (Lipinski definition) is 1. The van der Waals surface area contributed by atoms with Crippen LogP contribution in [0.1, 0.15) is 27.8 Å². The van der Waals surface area contributed by atoms with Crippen molar-refractivity contribution in [3.8, 4) is 11.1 Å². The summed E-state index contributed by atoms with van der Waals surface area (Å²) < 4.78 is 0. The average molecular weight is 424 g/mol. The number of anilines is 2. The molecule has 0 aliphatic heterocycles. The number of benzene rings is 5. The third-order valence-electron chi connectivity index (χ3n) is 6.80. The van der Waals surface area contributed by atoms with Crippen LogP contribution in [0.3, 0.4) is 0 Å². The Hall–Kier alpha value is -4.10. The van der Waals surface area contributed by atoms with E-state index in [1.807, 2.05) is 0 Å². The fraction of sp³-hybridized carbons (Fsp3) is 0.0625. The summed E-state index contributed by atoms with van der Waals surface area (Å²) in [4.78, 5) is 0. The average Bonchev–Trinajstić information content (AvgIpc) is 3.17. The summed E-state index contributed by atoms with van der Waals surface area (Å²) >= 11 is 0. The lowest BCUT2D eigenvalue weighted by Gasteiger charge is -2.34. The van der Waals surface area contributed by atoms with Crippen LogP contribution in [-0.4, -0.2) is 0 Å². The highest BCUT2D eigenvalue weighted by atomic mass is 14.9. The molecule has 1 aliphatic rings. The molecule has 6 rings (SSSR count). The monoisotopic (exact) mass is 423 g/mol. The van der Waals surface area contributed by atoms with Crippen molar-refractivity contribution < 1.29 is 0 Å². The molecule has 0 amide bonds. The van der Waals surface area contributed by atoms with Crippen molar-refractivity contribution in [1.82, 2.24) is 0 Å². The molecular weight excluding hydrogens is 398 g/mol. The van der Waals surface area contributed by atoms with Gasteiger partial charge in [-0.1, -0.05) is 109 Å². The molecule has 0 saturated heterocycles. The Morgan fingerprint density at radius 3 is 1.70 bits per heavy atom. The molecule has 5 aromatic carbocycles. The molecule has 5 aromatic rings. The van der Waals surface area contributed by atoms with Crippen LogP contribution in [0.25, 0.3) is 11.1 Å². The highest BCUT2D eigenvalue weighted by Gasteiger charge is 2.45. The van der Waals surface area contributed by atoms with Crippen molar-refractivity contribution in [2.75, 3.05) is 5.32 Å². The highest BCUT2D eigenvalue weighted by Crippen LogP contribution is 2.56. The number of rotatable bonds is 4. The second-order valence-corrected chi connectivity index (χ2v) is 8.78. The molecule has 0 radical (unpaired) electrons. The predicted octanol–water partition coefficient (Wildman–Crippen LogP) is 8.10. The summed E-state index contributed by atoms with van der Waals surface area (Å²) in [5.41, 5.74) is 10.9. The second kappa shape index (κ2) is 7.79. The number of hydrogen-bond donors (Lipinski definition) is 1. The maximum Gasteiger partial charge on any atom is 0.0714 e.